The van der Waals surface area contributed by atoms with Gasteiger partial charge in [-0.2, -0.15) is 0 Å². The van der Waals surface area contributed by atoms with Crippen LogP contribution in [0.4, 0.5) is 5.69 Å². The van der Waals surface area contributed by atoms with Gasteiger partial charge in [0.2, 0.25) is 0 Å². The lowest BCUT2D eigenvalue weighted by atomic mass is 10.1. The highest BCUT2D eigenvalue weighted by Gasteiger charge is 2.07. The van der Waals surface area contributed by atoms with E-state index in [0.717, 1.165) is 22.4 Å². The largest absolute Gasteiger partial charge is 0.486 e. The quantitative estimate of drug-likeness (QED) is 0.844. The number of hydrogen-bond acceptors (Lipinski definition) is 2. The van der Waals surface area contributed by atoms with Gasteiger partial charge in [-0.05, 0) is 37.1 Å². The van der Waals surface area contributed by atoms with Crippen molar-refractivity contribution in [2.24, 2.45) is 0 Å². The Morgan fingerprint density at radius 3 is 2.56 bits per heavy atom. The molecule has 2 aromatic rings. The predicted molar refractivity (Wildman–Crippen MR) is 76.1 cm³/mol. The summed E-state index contributed by atoms with van der Waals surface area (Å²) in [5.74, 6) is 0.737. The summed E-state index contributed by atoms with van der Waals surface area (Å²) in [6.07, 6.45) is 0. The Morgan fingerprint density at radius 1 is 1.17 bits per heavy atom. The average Bonchev–Trinajstić information content (AvgIpc) is 2.30. The highest BCUT2D eigenvalue weighted by molar-refractivity contribution is 6.31. The maximum Gasteiger partial charge on any atom is 0.145 e. The Kier molecular flexibility index (Phi) is 3.78. The van der Waals surface area contributed by atoms with Crippen LogP contribution in [-0.2, 0) is 6.61 Å². The van der Waals surface area contributed by atoms with Gasteiger partial charge in [0.05, 0.1) is 5.69 Å². The number of benzene rings is 2. The lowest BCUT2D eigenvalue weighted by molar-refractivity contribution is 0.306. The molecular weight excluding hydrogens is 246 g/mol. The Morgan fingerprint density at radius 2 is 1.89 bits per heavy atom. The minimum atomic E-state index is 0.424. The zero-order valence-corrected chi connectivity index (χ0v) is 11.3. The van der Waals surface area contributed by atoms with Crippen LogP contribution < -0.4 is 10.5 Å². The Hall–Kier alpha value is -1.67. The number of anilines is 1. The molecule has 94 valence electrons. The van der Waals surface area contributed by atoms with Crippen LogP contribution in [0.1, 0.15) is 16.7 Å². The van der Waals surface area contributed by atoms with Gasteiger partial charge in [0.1, 0.15) is 12.4 Å². The van der Waals surface area contributed by atoms with Gasteiger partial charge in [-0.1, -0.05) is 35.9 Å². The van der Waals surface area contributed by atoms with Gasteiger partial charge in [0.15, 0.2) is 0 Å². The van der Waals surface area contributed by atoms with E-state index in [1.165, 1.54) is 0 Å². The standard InChI is InChI=1S/C15H16ClNO/c1-10-7-11(2)15(14(17)8-10)18-9-12-5-3-4-6-13(12)16/h3-8H,9,17H2,1-2H3. The molecule has 0 saturated heterocycles. The van der Waals surface area contributed by atoms with Gasteiger partial charge in [-0.3, -0.25) is 0 Å². The zero-order chi connectivity index (χ0) is 13.1. The SMILES string of the molecule is Cc1cc(C)c(OCc2ccccc2Cl)c(N)c1. The molecule has 0 aliphatic carbocycles. The van der Waals surface area contributed by atoms with E-state index in [1.807, 2.05) is 44.2 Å². The molecule has 0 aromatic heterocycles. The van der Waals surface area contributed by atoms with Gasteiger partial charge in [-0.15, -0.1) is 0 Å². The maximum atomic E-state index is 6.08. The van der Waals surface area contributed by atoms with E-state index >= 15 is 0 Å². The number of nitrogens with two attached hydrogens (primary N) is 1. The summed E-state index contributed by atoms with van der Waals surface area (Å²) in [5.41, 5.74) is 9.77. The first kappa shape index (κ1) is 12.8. The monoisotopic (exact) mass is 261 g/mol. The molecule has 0 unspecified atom stereocenters. The Balaban J connectivity index is 2.19. The fourth-order valence-corrected chi connectivity index (χ4v) is 2.14. The first-order valence-corrected chi connectivity index (χ1v) is 6.18. The topological polar surface area (TPSA) is 35.2 Å². The van der Waals surface area contributed by atoms with Crippen molar-refractivity contribution < 1.29 is 4.74 Å². The summed E-state index contributed by atoms with van der Waals surface area (Å²) in [4.78, 5) is 0. The summed E-state index contributed by atoms with van der Waals surface area (Å²) < 4.78 is 5.78. The zero-order valence-electron chi connectivity index (χ0n) is 10.5. The molecule has 2 nitrogen and oxygen atoms in total. The van der Waals surface area contributed by atoms with Crippen LogP contribution in [0.5, 0.6) is 5.75 Å². The molecule has 0 spiro atoms. The van der Waals surface area contributed by atoms with Gasteiger partial charge >= 0.3 is 0 Å². The molecule has 18 heavy (non-hydrogen) atoms. The van der Waals surface area contributed by atoms with Crippen molar-refractivity contribution in [3.63, 3.8) is 0 Å². The van der Waals surface area contributed by atoms with E-state index in [-0.39, 0.29) is 0 Å². The molecule has 0 amide bonds. The molecular formula is C15H16ClNO. The second-order valence-electron chi connectivity index (χ2n) is 4.38. The molecule has 0 bridgehead atoms. The summed E-state index contributed by atoms with van der Waals surface area (Å²) in [7, 11) is 0. The number of nitrogen functional groups attached to an aromatic ring is 1. The normalized spacial score (nSPS) is 10.4. The van der Waals surface area contributed by atoms with Crippen LogP contribution in [0, 0.1) is 13.8 Å². The third-order valence-electron chi connectivity index (χ3n) is 2.78. The minimum Gasteiger partial charge on any atom is -0.486 e. The molecule has 3 heteroatoms. The number of rotatable bonds is 3. The Bertz CT molecular complexity index is 543. The highest BCUT2D eigenvalue weighted by Crippen LogP contribution is 2.29. The number of ether oxygens (including phenoxy) is 1. The predicted octanol–water partition coefficient (Wildman–Crippen LogP) is 4.12. The van der Waals surface area contributed by atoms with Crippen LogP contribution in [0.2, 0.25) is 5.02 Å². The highest BCUT2D eigenvalue weighted by atomic mass is 35.5. The van der Waals surface area contributed by atoms with Crippen molar-refractivity contribution in [2.75, 3.05) is 5.73 Å². The maximum absolute atomic E-state index is 6.08. The molecule has 0 saturated carbocycles. The fourth-order valence-electron chi connectivity index (χ4n) is 1.95. The second-order valence-corrected chi connectivity index (χ2v) is 4.79. The van der Waals surface area contributed by atoms with Gasteiger partial charge in [0.25, 0.3) is 0 Å². The van der Waals surface area contributed by atoms with E-state index in [9.17, 15) is 0 Å². The number of halogens is 1. The van der Waals surface area contributed by atoms with Gasteiger partial charge < -0.3 is 10.5 Å². The summed E-state index contributed by atoms with van der Waals surface area (Å²) in [6, 6.07) is 11.6. The van der Waals surface area contributed by atoms with E-state index in [0.29, 0.717) is 17.3 Å². The molecule has 0 radical (unpaired) electrons. The molecule has 2 N–H and O–H groups in total. The van der Waals surface area contributed by atoms with Crippen LogP contribution in [0.15, 0.2) is 36.4 Å². The van der Waals surface area contributed by atoms with E-state index < -0.39 is 0 Å². The van der Waals surface area contributed by atoms with Crippen molar-refractivity contribution in [2.45, 2.75) is 20.5 Å². The molecule has 0 fully saturated rings. The van der Waals surface area contributed by atoms with Crippen molar-refractivity contribution in [1.82, 2.24) is 0 Å². The minimum absolute atomic E-state index is 0.424. The molecule has 0 heterocycles. The lowest BCUT2D eigenvalue weighted by Gasteiger charge is -2.13. The van der Waals surface area contributed by atoms with Crippen LogP contribution in [0.25, 0.3) is 0 Å². The Labute approximate surface area is 112 Å². The lowest BCUT2D eigenvalue weighted by Crippen LogP contribution is -2.01. The summed E-state index contributed by atoms with van der Waals surface area (Å²) in [5, 5.41) is 0.709. The first-order chi connectivity index (χ1) is 8.58. The van der Waals surface area contributed by atoms with Gasteiger partial charge in [-0.25, -0.2) is 0 Å². The fraction of sp³-hybridized carbons (Fsp3) is 0.200. The van der Waals surface area contributed by atoms with E-state index in [1.54, 1.807) is 0 Å². The first-order valence-electron chi connectivity index (χ1n) is 5.81. The van der Waals surface area contributed by atoms with E-state index in [2.05, 4.69) is 6.07 Å². The van der Waals surface area contributed by atoms with Crippen molar-refractivity contribution in [1.29, 1.82) is 0 Å². The third-order valence-corrected chi connectivity index (χ3v) is 3.15. The van der Waals surface area contributed by atoms with Crippen molar-refractivity contribution in [3.8, 4) is 5.75 Å². The molecule has 0 atom stereocenters. The number of aryl methyl sites for hydroxylation is 2. The molecule has 2 rings (SSSR count). The van der Waals surface area contributed by atoms with Crippen molar-refractivity contribution >= 4 is 17.3 Å². The van der Waals surface area contributed by atoms with Crippen molar-refractivity contribution in [3.05, 3.63) is 58.1 Å². The van der Waals surface area contributed by atoms with E-state index in [4.69, 9.17) is 22.1 Å². The molecule has 0 aliphatic heterocycles. The van der Waals surface area contributed by atoms with Gasteiger partial charge in [0, 0.05) is 10.6 Å². The van der Waals surface area contributed by atoms with Crippen LogP contribution in [-0.4, -0.2) is 0 Å². The summed E-state index contributed by atoms with van der Waals surface area (Å²) in [6.45, 7) is 4.43. The van der Waals surface area contributed by atoms with Crippen LogP contribution >= 0.6 is 11.6 Å². The average molecular weight is 262 g/mol. The second kappa shape index (κ2) is 5.32. The third kappa shape index (κ3) is 2.77. The molecule has 2 aromatic carbocycles. The number of hydrogen-bond donors (Lipinski definition) is 1. The van der Waals surface area contributed by atoms with Crippen LogP contribution in [0.3, 0.4) is 0 Å². The summed E-state index contributed by atoms with van der Waals surface area (Å²) >= 11 is 6.08. The molecule has 0 aliphatic rings. The smallest absolute Gasteiger partial charge is 0.145 e.